The van der Waals surface area contributed by atoms with E-state index in [1.54, 1.807) is 0 Å². The Morgan fingerprint density at radius 2 is 2.00 bits per heavy atom. The highest BCUT2D eigenvalue weighted by atomic mass is 16.4. The fourth-order valence-corrected chi connectivity index (χ4v) is 1.53. The smallest absolute Gasteiger partial charge is 0.249 e. The summed E-state index contributed by atoms with van der Waals surface area (Å²) >= 11 is 0. The topological polar surface area (TPSA) is 64.9 Å². The van der Waals surface area contributed by atoms with E-state index in [2.05, 4.69) is 10.2 Å². The second-order valence-corrected chi connectivity index (χ2v) is 3.81. The van der Waals surface area contributed by atoms with E-state index < -0.39 is 0 Å². The number of benzene rings is 1. The first-order valence-electron chi connectivity index (χ1n) is 5.03. The van der Waals surface area contributed by atoms with E-state index in [9.17, 15) is 0 Å². The van der Waals surface area contributed by atoms with E-state index in [1.165, 1.54) is 0 Å². The Morgan fingerprint density at radius 3 is 2.73 bits per heavy atom. The molecule has 2 N–H and O–H groups in total. The first kappa shape index (κ1) is 8.47. The molecule has 15 heavy (non-hydrogen) atoms. The number of anilines is 1. The molecule has 0 amide bonds. The Bertz CT molecular complexity index is 488. The van der Waals surface area contributed by atoms with Gasteiger partial charge in [0.25, 0.3) is 0 Å². The number of rotatable bonds is 2. The van der Waals surface area contributed by atoms with Crippen molar-refractivity contribution in [2.75, 3.05) is 5.73 Å². The summed E-state index contributed by atoms with van der Waals surface area (Å²) in [6.07, 6.45) is 2.32. The largest absolute Gasteiger partial charge is 0.420 e. The molecule has 0 saturated heterocycles. The Balaban J connectivity index is 2.01. The summed E-state index contributed by atoms with van der Waals surface area (Å²) in [5.74, 6) is 1.75. The van der Waals surface area contributed by atoms with Crippen LogP contribution < -0.4 is 5.73 Å². The summed E-state index contributed by atoms with van der Waals surface area (Å²) in [5.41, 5.74) is 7.31. The van der Waals surface area contributed by atoms with Gasteiger partial charge in [0.05, 0.1) is 5.56 Å². The molecule has 4 nitrogen and oxygen atoms in total. The Kier molecular flexibility index (Phi) is 1.74. The molecule has 1 fully saturated rings. The maximum absolute atomic E-state index is 5.83. The van der Waals surface area contributed by atoms with Crippen molar-refractivity contribution in [1.82, 2.24) is 10.2 Å². The van der Waals surface area contributed by atoms with Gasteiger partial charge in [-0.25, -0.2) is 0 Å². The average Bonchev–Trinajstić information content (AvgIpc) is 2.99. The van der Waals surface area contributed by atoms with Crippen molar-refractivity contribution in [3.8, 4) is 11.5 Å². The summed E-state index contributed by atoms with van der Waals surface area (Å²) in [6, 6.07) is 7.51. The summed E-state index contributed by atoms with van der Waals surface area (Å²) < 4.78 is 5.57. The van der Waals surface area contributed by atoms with E-state index in [4.69, 9.17) is 10.2 Å². The monoisotopic (exact) mass is 201 g/mol. The zero-order valence-electron chi connectivity index (χ0n) is 8.18. The Hall–Kier alpha value is -1.84. The number of nitrogens with zero attached hydrogens (tertiary/aromatic N) is 2. The van der Waals surface area contributed by atoms with Gasteiger partial charge in [0.15, 0.2) is 0 Å². The lowest BCUT2D eigenvalue weighted by molar-refractivity contribution is 0.508. The van der Waals surface area contributed by atoms with Crippen molar-refractivity contribution >= 4 is 5.69 Å². The number of aromatic nitrogens is 2. The molecule has 2 aromatic rings. The highest BCUT2D eigenvalue weighted by Gasteiger charge is 2.29. The quantitative estimate of drug-likeness (QED) is 0.756. The third kappa shape index (κ3) is 1.48. The van der Waals surface area contributed by atoms with Crippen LogP contribution in [0.3, 0.4) is 0 Å². The first-order valence-corrected chi connectivity index (χ1v) is 5.03. The molecule has 0 spiro atoms. The second kappa shape index (κ2) is 3.08. The van der Waals surface area contributed by atoms with Crippen LogP contribution in [0.4, 0.5) is 5.69 Å². The summed E-state index contributed by atoms with van der Waals surface area (Å²) in [4.78, 5) is 0. The number of nitrogens with two attached hydrogens (primary N) is 1. The standard InChI is InChI=1S/C11H11N3O/c12-9-4-2-1-3-8(9)11-14-13-10(15-11)7-5-6-7/h1-4,7H,5-6,12H2. The molecule has 1 aliphatic rings. The molecule has 0 radical (unpaired) electrons. The molecule has 1 aromatic heterocycles. The SMILES string of the molecule is Nc1ccccc1-c1nnc(C2CC2)o1. The molecule has 0 atom stereocenters. The van der Waals surface area contributed by atoms with Gasteiger partial charge in [-0.1, -0.05) is 12.1 Å². The molecular weight excluding hydrogens is 190 g/mol. The molecule has 0 bridgehead atoms. The van der Waals surface area contributed by atoms with Gasteiger partial charge in [-0.15, -0.1) is 10.2 Å². The van der Waals surface area contributed by atoms with Gasteiger partial charge in [-0.2, -0.15) is 0 Å². The van der Waals surface area contributed by atoms with Crippen LogP contribution in [-0.2, 0) is 0 Å². The number of hydrogen-bond donors (Lipinski definition) is 1. The molecular formula is C11H11N3O. The first-order chi connectivity index (χ1) is 7.34. The lowest BCUT2D eigenvalue weighted by Crippen LogP contribution is -1.88. The Morgan fingerprint density at radius 1 is 1.20 bits per heavy atom. The van der Waals surface area contributed by atoms with Crippen LogP contribution >= 0.6 is 0 Å². The van der Waals surface area contributed by atoms with E-state index in [0.29, 0.717) is 17.5 Å². The minimum atomic E-state index is 0.483. The number of hydrogen-bond acceptors (Lipinski definition) is 4. The highest BCUT2D eigenvalue weighted by molar-refractivity contribution is 5.69. The van der Waals surface area contributed by atoms with Crippen LogP contribution in [0.15, 0.2) is 28.7 Å². The summed E-state index contributed by atoms with van der Waals surface area (Å²) in [7, 11) is 0. The molecule has 3 rings (SSSR count). The van der Waals surface area contributed by atoms with Gasteiger partial charge in [0.2, 0.25) is 11.8 Å². The minimum absolute atomic E-state index is 0.483. The third-order valence-corrected chi connectivity index (χ3v) is 2.56. The van der Waals surface area contributed by atoms with Crippen LogP contribution in [0.25, 0.3) is 11.5 Å². The minimum Gasteiger partial charge on any atom is -0.420 e. The highest BCUT2D eigenvalue weighted by Crippen LogP contribution is 2.40. The molecule has 4 heteroatoms. The summed E-state index contributed by atoms with van der Waals surface area (Å²) in [6.45, 7) is 0. The van der Waals surface area contributed by atoms with Gasteiger partial charge in [0, 0.05) is 11.6 Å². The lowest BCUT2D eigenvalue weighted by atomic mass is 10.2. The van der Waals surface area contributed by atoms with Crippen molar-refractivity contribution in [2.45, 2.75) is 18.8 Å². The van der Waals surface area contributed by atoms with Crippen molar-refractivity contribution in [3.05, 3.63) is 30.2 Å². The average molecular weight is 201 g/mol. The van der Waals surface area contributed by atoms with Crippen LogP contribution in [0.5, 0.6) is 0 Å². The van der Waals surface area contributed by atoms with Crippen LogP contribution in [0, 0.1) is 0 Å². The lowest BCUT2D eigenvalue weighted by Gasteiger charge is -1.98. The van der Waals surface area contributed by atoms with E-state index in [-0.39, 0.29) is 0 Å². The summed E-state index contributed by atoms with van der Waals surface area (Å²) in [5, 5.41) is 8.04. The van der Waals surface area contributed by atoms with Crippen LogP contribution in [-0.4, -0.2) is 10.2 Å². The fourth-order valence-electron chi connectivity index (χ4n) is 1.53. The molecule has 1 saturated carbocycles. The van der Waals surface area contributed by atoms with Crippen molar-refractivity contribution in [2.24, 2.45) is 0 Å². The maximum atomic E-state index is 5.83. The second-order valence-electron chi connectivity index (χ2n) is 3.81. The van der Waals surface area contributed by atoms with Crippen molar-refractivity contribution in [1.29, 1.82) is 0 Å². The van der Waals surface area contributed by atoms with E-state index in [0.717, 1.165) is 24.3 Å². The van der Waals surface area contributed by atoms with Gasteiger partial charge in [-0.05, 0) is 25.0 Å². The zero-order chi connectivity index (χ0) is 10.3. The maximum Gasteiger partial charge on any atom is 0.249 e. The predicted octanol–water partition coefficient (Wildman–Crippen LogP) is 2.20. The van der Waals surface area contributed by atoms with Gasteiger partial charge >= 0.3 is 0 Å². The fraction of sp³-hybridized carbons (Fsp3) is 0.273. The number of para-hydroxylation sites is 1. The molecule has 76 valence electrons. The van der Waals surface area contributed by atoms with Gasteiger partial charge in [-0.3, -0.25) is 0 Å². The molecule has 1 aliphatic carbocycles. The van der Waals surface area contributed by atoms with E-state index in [1.807, 2.05) is 24.3 Å². The predicted molar refractivity (Wildman–Crippen MR) is 56.1 cm³/mol. The van der Waals surface area contributed by atoms with Crippen LogP contribution in [0.2, 0.25) is 0 Å². The van der Waals surface area contributed by atoms with E-state index >= 15 is 0 Å². The zero-order valence-corrected chi connectivity index (χ0v) is 8.18. The molecule has 1 heterocycles. The molecule has 0 unspecified atom stereocenters. The third-order valence-electron chi connectivity index (χ3n) is 2.56. The van der Waals surface area contributed by atoms with Crippen molar-refractivity contribution in [3.63, 3.8) is 0 Å². The van der Waals surface area contributed by atoms with Crippen LogP contribution in [0.1, 0.15) is 24.7 Å². The van der Waals surface area contributed by atoms with Gasteiger partial charge in [0.1, 0.15) is 0 Å². The number of nitrogen functional groups attached to an aromatic ring is 1. The Labute approximate surface area is 87.1 Å². The normalized spacial score (nSPS) is 15.5. The molecule has 0 aliphatic heterocycles. The van der Waals surface area contributed by atoms with Gasteiger partial charge < -0.3 is 10.2 Å². The molecule has 1 aromatic carbocycles. The van der Waals surface area contributed by atoms with Crippen molar-refractivity contribution < 1.29 is 4.42 Å².